The summed E-state index contributed by atoms with van der Waals surface area (Å²) in [7, 11) is 1.72. The summed E-state index contributed by atoms with van der Waals surface area (Å²) in [4.78, 5) is 22.4. The van der Waals surface area contributed by atoms with Crippen LogP contribution in [0.4, 0.5) is 0 Å². The third-order valence-electron chi connectivity index (χ3n) is 7.46. The Labute approximate surface area is 259 Å². The summed E-state index contributed by atoms with van der Waals surface area (Å²) >= 11 is 0. The molecule has 0 saturated carbocycles. The molecular formula is C33H69NO7P+. The molecule has 2 atom stereocenters. The smallest absolute Gasteiger partial charge is 0.463 e. The number of carbonyl (C=O) groups excluding carboxylic acids is 1. The lowest BCUT2D eigenvalue weighted by Gasteiger charge is -2.24. The second kappa shape index (κ2) is 28.0. The van der Waals surface area contributed by atoms with Crippen molar-refractivity contribution in [1.29, 1.82) is 0 Å². The summed E-state index contributed by atoms with van der Waals surface area (Å²) in [5, 5.41) is 0. The molecule has 9 heteroatoms. The predicted octanol–water partition coefficient (Wildman–Crippen LogP) is 8.99. The van der Waals surface area contributed by atoms with Crippen LogP contribution in [-0.2, 0) is 27.9 Å². The lowest BCUT2D eigenvalue weighted by Crippen LogP contribution is -2.37. The van der Waals surface area contributed by atoms with Crippen molar-refractivity contribution in [1.82, 2.24) is 0 Å². The van der Waals surface area contributed by atoms with Crippen LogP contribution in [0.15, 0.2) is 0 Å². The van der Waals surface area contributed by atoms with E-state index in [0.717, 1.165) is 32.1 Å². The fourth-order valence-corrected chi connectivity index (χ4v) is 5.38. The zero-order valence-electron chi connectivity index (χ0n) is 28.3. The van der Waals surface area contributed by atoms with Gasteiger partial charge in [-0.1, -0.05) is 129 Å². The first-order valence-corrected chi connectivity index (χ1v) is 18.8. The summed E-state index contributed by atoms with van der Waals surface area (Å²) < 4.78 is 34.6. The van der Waals surface area contributed by atoms with Crippen molar-refractivity contribution in [2.75, 3.05) is 54.1 Å². The van der Waals surface area contributed by atoms with Gasteiger partial charge in [0.1, 0.15) is 25.9 Å². The van der Waals surface area contributed by atoms with Gasteiger partial charge in [-0.2, -0.15) is 0 Å². The SMILES string of the molecule is CCCCCCCCCCCCCCCC(=O)OC[C@H](COP(=O)(O)OCC[N+](C)(C)C)OCCCCCCCCC. The molecule has 0 amide bonds. The molecule has 0 heterocycles. The molecule has 0 aromatic rings. The van der Waals surface area contributed by atoms with E-state index in [0.29, 0.717) is 24.1 Å². The van der Waals surface area contributed by atoms with E-state index in [2.05, 4.69) is 13.8 Å². The number of carbonyl (C=O) groups is 1. The van der Waals surface area contributed by atoms with Gasteiger partial charge in [-0.3, -0.25) is 13.8 Å². The fraction of sp³-hybridized carbons (Fsp3) is 0.970. The van der Waals surface area contributed by atoms with Crippen molar-refractivity contribution in [2.24, 2.45) is 0 Å². The van der Waals surface area contributed by atoms with Crippen LogP contribution in [0.2, 0.25) is 0 Å². The Morgan fingerprint density at radius 1 is 0.643 bits per heavy atom. The van der Waals surface area contributed by atoms with Gasteiger partial charge in [0.2, 0.25) is 0 Å². The van der Waals surface area contributed by atoms with E-state index in [-0.39, 0.29) is 25.8 Å². The van der Waals surface area contributed by atoms with Crippen molar-refractivity contribution < 1.29 is 37.3 Å². The topological polar surface area (TPSA) is 91.3 Å². The lowest BCUT2D eigenvalue weighted by molar-refractivity contribution is -0.870. The highest BCUT2D eigenvalue weighted by Crippen LogP contribution is 2.43. The van der Waals surface area contributed by atoms with Crippen LogP contribution in [0.5, 0.6) is 0 Å². The highest BCUT2D eigenvalue weighted by atomic mass is 31.2. The molecule has 0 bridgehead atoms. The molecular weight excluding hydrogens is 553 g/mol. The van der Waals surface area contributed by atoms with Crippen molar-refractivity contribution >= 4 is 13.8 Å². The maximum Gasteiger partial charge on any atom is 0.472 e. The lowest BCUT2D eigenvalue weighted by atomic mass is 10.0. The summed E-state index contributed by atoms with van der Waals surface area (Å²) in [5.74, 6) is -0.256. The van der Waals surface area contributed by atoms with E-state index < -0.39 is 13.9 Å². The maximum absolute atomic E-state index is 12.3. The third kappa shape index (κ3) is 30.9. The minimum atomic E-state index is -4.21. The molecule has 0 spiro atoms. The van der Waals surface area contributed by atoms with Crippen molar-refractivity contribution in [3.8, 4) is 0 Å². The number of esters is 1. The standard InChI is InChI=1S/C33H68NO7P/c1-6-8-10-12-14-15-16-17-18-19-20-22-24-26-33(35)39-30-32(38-28-25-23-21-13-11-9-7-2)31-41-42(36,37)40-29-27-34(3,4)5/h32H,6-31H2,1-5H3/p+1/t32-/m1/s1. The van der Waals surface area contributed by atoms with Crippen LogP contribution in [0, 0.1) is 0 Å². The van der Waals surface area contributed by atoms with Gasteiger partial charge >= 0.3 is 13.8 Å². The number of nitrogens with zero attached hydrogens (tertiary/aromatic N) is 1. The highest BCUT2D eigenvalue weighted by Gasteiger charge is 2.25. The van der Waals surface area contributed by atoms with Crippen LogP contribution in [0.3, 0.4) is 0 Å². The number of hydrogen-bond acceptors (Lipinski definition) is 6. The molecule has 1 unspecified atom stereocenters. The molecule has 252 valence electrons. The molecule has 0 radical (unpaired) electrons. The molecule has 0 fully saturated rings. The molecule has 0 aliphatic rings. The van der Waals surface area contributed by atoms with Gasteiger partial charge in [-0.25, -0.2) is 4.57 Å². The number of quaternary nitrogens is 1. The zero-order chi connectivity index (χ0) is 31.4. The minimum Gasteiger partial charge on any atom is -0.463 e. The zero-order valence-corrected chi connectivity index (χ0v) is 29.1. The number of ether oxygens (including phenoxy) is 2. The quantitative estimate of drug-likeness (QED) is 0.0346. The minimum absolute atomic E-state index is 0.00660. The van der Waals surface area contributed by atoms with Gasteiger partial charge in [0.15, 0.2) is 0 Å². The predicted molar refractivity (Wildman–Crippen MR) is 174 cm³/mol. The summed E-state index contributed by atoms with van der Waals surface area (Å²) in [6.45, 7) is 5.48. The monoisotopic (exact) mass is 622 g/mol. The Bertz CT molecular complexity index is 657. The third-order valence-corrected chi connectivity index (χ3v) is 8.44. The van der Waals surface area contributed by atoms with Gasteiger partial charge in [0.25, 0.3) is 0 Å². The van der Waals surface area contributed by atoms with Crippen molar-refractivity contribution in [3.63, 3.8) is 0 Å². The number of likely N-dealkylation sites (N-methyl/N-ethyl adjacent to an activating group) is 1. The van der Waals surface area contributed by atoms with E-state index in [9.17, 15) is 14.3 Å². The van der Waals surface area contributed by atoms with Crippen LogP contribution >= 0.6 is 7.82 Å². The number of hydrogen-bond donors (Lipinski definition) is 1. The Hall–Kier alpha value is -0.500. The molecule has 42 heavy (non-hydrogen) atoms. The molecule has 0 aromatic carbocycles. The molecule has 0 rings (SSSR count). The molecule has 0 saturated heterocycles. The van der Waals surface area contributed by atoms with Crippen molar-refractivity contribution in [3.05, 3.63) is 0 Å². The molecule has 0 aliphatic heterocycles. The van der Waals surface area contributed by atoms with E-state index in [1.807, 2.05) is 21.1 Å². The number of phosphoric acid groups is 1. The van der Waals surface area contributed by atoms with Gasteiger partial charge in [0, 0.05) is 13.0 Å². The van der Waals surface area contributed by atoms with Crippen LogP contribution in [0.1, 0.15) is 149 Å². The fourth-order valence-electron chi connectivity index (χ4n) is 4.64. The first-order chi connectivity index (χ1) is 20.1. The molecule has 8 nitrogen and oxygen atoms in total. The maximum atomic E-state index is 12.3. The van der Waals surface area contributed by atoms with E-state index in [4.69, 9.17) is 18.5 Å². The van der Waals surface area contributed by atoms with Crippen LogP contribution in [-0.4, -0.2) is 75.6 Å². The molecule has 0 aromatic heterocycles. The first kappa shape index (κ1) is 41.5. The summed E-state index contributed by atoms with van der Waals surface area (Å²) in [6, 6.07) is 0. The normalized spacial score (nSPS) is 14.1. The number of rotatable bonds is 32. The second-order valence-electron chi connectivity index (χ2n) is 12.9. The van der Waals surface area contributed by atoms with Crippen LogP contribution in [0.25, 0.3) is 0 Å². The largest absolute Gasteiger partial charge is 0.472 e. The Morgan fingerprint density at radius 2 is 1.10 bits per heavy atom. The van der Waals surface area contributed by atoms with Gasteiger partial charge < -0.3 is 18.9 Å². The van der Waals surface area contributed by atoms with Gasteiger partial charge in [-0.05, 0) is 12.8 Å². The Morgan fingerprint density at radius 3 is 1.57 bits per heavy atom. The summed E-state index contributed by atoms with van der Waals surface area (Å²) in [6.07, 6.45) is 24.3. The first-order valence-electron chi connectivity index (χ1n) is 17.3. The Balaban J connectivity index is 4.22. The summed E-state index contributed by atoms with van der Waals surface area (Å²) in [5.41, 5.74) is 0. The van der Waals surface area contributed by atoms with E-state index in [1.54, 1.807) is 0 Å². The van der Waals surface area contributed by atoms with Crippen LogP contribution < -0.4 is 0 Å². The van der Waals surface area contributed by atoms with Gasteiger partial charge in [-0.15, -0.1) is 0 Å². The number of phosphoric ester groups is 1. The molecule has 0 aliphatic carbocycles. The molecule has 1 N–H and O–H groups in total. The van der Waals surface area contributed by atoms with E-state index in [1.165, 1.54) is 96.3 Å². The second-order valence-corrected chi connectivity index (χ2v) is 14.4. The average molecular weight is 623 g/mol. The van der Waals surface area contributed by atoms with Gasteiger partial charge in [0.05, 0.1) is 27.7 Å². The average Bonchev–Trinajstić information content (AvgIpc) is 2.92. The highest BCUT2D eigenvalue weighted by molar-refractivity contribution is 7.47. The Kier molecular flexibility index (Phi) is 27.7. The number of unbranched alkanes of at least 4 members (excludes halogenated alkanes) is 18. The van der Waals surface area contributed by atoms with Crippen molar-refractivity contribution in [2.45, 2.75) is 155 Å². The van der Waals surface area contributed by atoms with E-state index >= 15 is 0 Å².